The molecule has 144 valence electrons. The summed E-state index contributed by atoms with van der Waals surface area (Å²) < 4.78 is 11.4. The predicted molar refractivity (Wildman–Crippen MR) is 109 cm³/mol. The fraction of sp³-hybridized carbons (Fsp3) is 0.318. The summed E-state index contributed by atoms with van der Waals surface area (Å²) in [4.78, 5) is 15.0. The monoisotopic (exact) mass is 377 g/mol. The first-order valence-electron chi connectivity index (χ1n) is 9.75. The molecule has 0 radical (unpaired) electrons. The number of fused-ring (bicyclic) bond motifs is 2. The van der Waals surface area contributed by atoms with Crippen LogP contribution in [0.4, 0.5) is 11.4 Å². The quantitative estimate of drug-likeness (QED) is 0.803. The lowest BCUT2D eigenvalue weighted by Crippen LogP contribution is -2.39. The summed E-state index contributed by atoms with van der Waals surface area (Å²) in [7, 11) is 0. The fourth-order valence-corrected chi connectivity index (χ4v) is 3.98. The van der Waals surface area contributed by atoms with E-state index in [0.717, 1.165) is 67.5 Å². The Morgan fingerprint density at radius 3 is 2.82 bits per heavy atom. The lowest BCUT2D eigenvalue weighted by atomic mass is 10.00. The van der Waals surface area contributed by atoms with E-state index in [9.17, 15) is 4.79 Å². The van der Waals surface area contributed by atoms with Gasteiger partial charge in [-0.05, 0) is 18.2 Å². The second-order valence-electron chi connectivity index (χ2n) is 7.25. The Morgan fingerprint density at radius 1 is 1.07 bits per heavy atom. The summed E-state index contributed by atoms with van der Waals surface area (Å²) >= 11 is 0. The van der Waals surface area contributed by atoms with Crippen molar-refractivity contribution in [1.82, 2.24) is 4.90 Å². The van der Waals surface area contributed by atoms with E-state index in [0.29, 0.717) is 17.9 Å². The number of nitrogens with one attached hydrogen (secondary N) is 2. The number of anilines is 2. The first-order valence-corrected chi connectivity index (χ1v) is 9.75. The Kier molecular flexibility index (Phi) is 4.50. The largest absolute Gasteiger partial charge is 0.487 e. The molecule has 0 aromatic heterocycles. The minimum Gasteiger partial charge on any atom is -0.487 e. The van der Waals surface area contributed by atoms with Gasteiger partial charge < -0.3 is 20.1 Å². The van der Waals surface area contributed by atoms with Gasteiger partial charge in [-0.15, -0.1) is 0 Å². The molecule has 2 aromatic rings. The van der Waals surface area contributed by atoms with Crippen molar-refractivity contribution in [2.45, 2.75) is 6.61 Å². The number of hydrogen-bond donors (Lipinski definition) is 2. The SMILES string of the molecule is O=C1Nc2ccccc2/C1=C1\OCc2ccc(NCCN3CCOCC3)cc21. The zero-order valence-electron chi connectivity index (χ0n) is 15.7. The van der Waals surface area contributed by atoms with Crippen molar-refractivity contribution in [1.29, 1.82) is 0 Å². The maximum Gasteiger partial charge on any atom is 0.260 e. The van der Waals surface area contributed by atoms with Crippen LogP contribution >= 0.6 is 0 Å². The van der Waals surface area contributed by atoms with Crippen LogP contribution in [0, 0.1) is 0 Å². The molecular formula is C22H23N3O3. The lowest BCUT2D eigenvalue weighted by molar-refractivity contribution is -0.110. The third kappa shape index (κ3) is 3.15. The first-order chi connectivity index (χ1) is 13.8. The molecule has 0 aliphatic carbocycles. The van der Waals surface area contributed by atoms with Crippen LogP contribution in [0.5, 0.6) is 0 Å². The molecule has 1 saturated heterocycles. The Bertz CT molecular complexity index is 948. The fourth-order valence-electron chi connectivity index (χ4n) is 3.98. The predicted octanol–water partition coefficient (Wildman–Crippen LogP) is 2.78. The van der Waals surface area contributed by atoms with Gasteiger partial charge in [0.2, 0.25) is 0 Å². The van der Waals surface area contributed by atoms with Crippen LogP contribution in [0.25, 0.3) is 11.3 Å². The van der Waals surface area contributed by atoms with Crippen molar-refractivity contribution in [2.24, 2.45) is 0 Å². The smallest absolute Gasteiger partial charge is 0.260 e. The maximum absolute atomic E-state index is 12.6. The van der Waals surface area contributed by atoms with E-state index in [1.165, 1.54) is 0 Å². The topological polar surface area (TPSA) is 62.8 Å². The highest BCUT2D eigenvalue weighted by Crippen LogP contribution is 2.42. The molecular weight excluding hydrogens is 354 g/mol. The van der Waals surface area contributed by atoms with Gasteiger partial charge in [0.15, 0.2) is 0 Å². The molecule has 28 heavy (non-hydrogen) atoms. The van der Waals surface area contributed by atoms with Crippen molar-refractivity contribution in [2.75, 3.05) is 50.0 Å². The minimum absolute atomic E-state index is 0.102. The van der Waals surface area contributed by atoms with Gasteiger partial charge >= 0.3 is 0 Å². The first kappa shape index (κ1) is 17.3. The van der Waals surface area contributed by atoms with E-state index in [-0.39, 0.29) is 5.91 Å². The number of carbonyl (C=O) groups excluding carboxylic acids is 1. The Hall–Kier alpha value is -2.83. The number of nitrogens with zero attached hydrogens (tertiary/aromatic N) is 1. The van der Waals surface area contributed by atoms with Crippen molar-refractivity contribution in [3.63, 3.8) is 0 Å². The number of ether oxygens (including phenoxy) is 2. The number of hydrogen-bond acceptors (Lipinski definition) is 5. The number of carbonyl (C=O) groups is 1. The molecule has 0 spiro atoms. The molecule has 3 aliphatic heterocycles. The van der Waals surface area contributed by atoms with Crippen LogP contribution in [0.2, 0.25) is 0 Å². The van der Waals surface area contributed by atoms with Crippen molar-refractivity contribution in [3.05, 3.63) is 59.2 Å². The van der Waals surface area contributed by atoms with Gasteiger partial charge in [-0.3, -0.25) is 9.69 Å². The molecule has 1 fully saturated rings. The van der Waals surface area contributed by atoms with E-state index in [4.69, 9.17) is 9.47 Å². The van der Waals surface area contributed by atoms with Gasteiger partial charge in [-0.1, -0.05) is 24.3 Å². The van der Waals surface area contributed by atoms with E-state index in [2.05, 4.69) is 33.7 Å². The molecule has 6 nitrogen and oxygen atoms in total. The van der Waals surface area contributed by atoms with Crippen molar-refractivity contribution in [3.8, 4) is 0 Å². The number of benzene rings is 2. The van der Waals surface area contributed by atoms with E-state index in [1.54, 1.807) is 0 Å². The second kappa shape index (κ2) is 7.30. The summed E-state index contributed by atoms with van der Waals surface area (Å²) in [5.41, 5.74) is 5.52. The van der Waals surface area contributed by atoms with Gasteiger partial charge in [-0.2, -0.15) is 0 Å². The average molecular weight is 377 g/mol. The van der Waals surface area contributed by atoms with Crippen LogP contribution in [0.15, 0.2) is 42.5 Å². The van der Waals surface area contributed by atoms with Crippen LogP contribution in [0.3, 0.4) is 0 Å². The number of morpholine rings is 1. The molecule has 3 aliphatic rings. The highest BCUT2D eigenvalue weighted by molar-refractivity contribution is 6.36. The summed E-state index contributed by atoms with van der Waals surface area (Å²) in [5, 5.41) is 6.43. The van der Waals surface area contributed by atoms with E-state index < -0.39 is 0 Å². The molecule has 2 aromatic carbocycles. The standard InChI is InChI=1S/C22H23N3O3/c26-22-20(17-3-1-2-4-19(17)24-22)21-18-13-16(6-5-15(18)14-28-21)23-7-8-25-9-11-27-12-10-25/h1-6,13,23H,7-12,14H2,(H,24,26)/b21-20+. The zero-order chi connectivity index (χ0) is 18.9. The third-order valence-electron chi connectivity index (χ3n) is 5.49. The zero-order valence-corrected chi connectivity index (χ0v) is 15.7. The van der Waals surface area contributed by atoms with Crippen LogP contribution in [-0.4, -0.2) is 50.2 Å². The van der Waals surface area contributed by atoms with Gasteiger partial charge in [0.25, 0.3) is 5.91 Å². The molecule has 2 N–H and O–H groups in total. The molecule has 6 heteroatoms. The third-order valence-corrected chi connectivity index (χ3v) is 5.49. The number of rotatable bonds is 4. The molecule has 0 atom stereocenters. The molecule has 0 saturated carbocycles. The summed E-state index contributed by atoms with van der Waals surface area (Å²) in [5.74, 6) is 0.573. The lowest BCUT2D eigenvalue weighted by Gasteiger charge is -2.26. The highest BCUT2D eigenvalue weighted by atomic mass is 16.5. The van der Waals surface area contributed by atoms with Crippen LogP contribution in [-0.2, 0) is 20.9 Å². The van der Waals surface area contributed by atoms with Gasteiger partial charge in [0, 0.05) is 54.2 Å². The summed E-state index contributed by atoms with van der Waals surface area (Å²) in [6, 6.07) is 14.0. The molecule has 3 heterocycles. The molecule has 1 amide bonds. The molecule has 0 unspecified atom stereocenters. The van der Waals surface area contributed by atoms with Crippen molar-refractivity contribution >= 4 is 28.6 Å². The highest BCUT2D eigenvalue weighted by Gasteiger charge is 2.32. The Balaban J connectivity index is 1.38. The Labute approximate surface area is 164 Å². The second-order valence-corrected chi connectivity index (χ2v) is 7.25. The summed E-state index contributed by atoms with van der Waals surface area (Å²) in [6.07, 6.45) is 0. The van der Waals surface area contributed by atoms with Gasteiger partial charge in [-0.25, -0.2) is 0 Å². The number of amides is 1. The van der Waals surface area contributed by atoms with E-state index >= 15 is 0 Å². The minimum atomic E-state index is -0.102. The van der Waals surface area contributed by atoms with E-state index in [1.807, 2.05) is 24.3 Å². The van der Waals surface area contributed by atoms with Crippen LogP contribution in [0.1, 0.15) is 16.7 Å². The van der Waals surface area contributed by atoms with Gasteiger partial charge in [0.05, 0.1) is 18.8 Å². The normalized spacial score (nSPS) is 21.1. The number of para-hydroxylation sites is 1. The maximum atomic E-state index is 12.6. The molecule has 5 rings (SSSR count). The van der Waals surface area contributed by atoms with Crippen molar-refractivity contribution < 1.29 is 14.3 Å². The molecule has 0 bridgehead atoms. The van der Waals surface area contributed by atoms with Crippen LogP contribution < -0.4 is 10.6 Å². The summed E-state index contributed by atoms with van der Waals surface area (Å²) in [6.45, 7) is 5.97. The Morgan fingerprint density at radius 2 is 1.93 bits per heavy atom. The van der Waals surface area contributed by atoms with Gasteiger partial charge in [0.1, 0.15) is 12.4 Å². The average Bonchev–Trinajstić information content (AvgIpc) is 3.28.